The maximum atomic E-state index is 11.2. The Hall–Kier alpha value is -1.06. The van der Waals surface area contributed by atoms with Crippen LogP contribution in [-0.2, 0) is 19.1 Å². The maximum absolute atomic E-state index is 11.2. The molecule has 5 atom stereocenters. The van der Waals surface area contributed by atoms with Crippen molar-refractivity contribution in [3.05, 3.63) is 0 Å². The molecular weight excluding hydrogens is 236 g/mol. The van der Waals surface area contributed by atoms with Crippen LogP contribution in [0.5, 0.6) is 0 Å². The lowest BCUT2D eigenvalue weighted by Crippen LogP contribution is -2.68. The van der Waals surface area contributed by atoms with Gasteiger partial charge in [0.1, 0.15) is 18.3 Å². The molecule has 0 aromatic heterocycles. The quantitative estimate of drug-likeness (QED) is 0.431. The molecule has 0 saturated carbocycles. The first kappa shape index (κ1) is 14.0. The number of carboxylic acids is 1. The van der Waals surface area contributed by atoms with E-state index in [2.05, 4.69) is 9.47 Å². The minimum Gasteiger partial charge on any atom is -0.479 e. The fourth-order valence-corrected chi connectivity index (χ4v) is 1.67. The van der Waals surface area contributed by atoms with E-state index in [4.69, 9.17) is 5.11 Å². The van der Waals surface area contributed by atoms with E-state index >= 15 is 0 Å². The summed E-state index contributed by atoms with van der Waals surface area (Å²) in [6.07, 6.45) is -6.89. The summed E-state index contributed by atoms with van der Waals surface area (Å²) in [5.74, 6) is -5.29. The van der Waals surface area contributed by atoms with Gasteiger partial charge >= 0.3 is 5.97 Å². The van der Waals surface area contributed by atoms with Crippen LogP contribution in [0.2, 0.25) is 0 Å². The van der Waals surface area contributed by atoms with Crippen molar-refractivity contribution >= 4 is 11.8 Å². The molecule has 1 aliphatic rings. The molecule has 0 aromatic rings. The molecule has 0 unspecified atom stereocenters. The number of ether oxygens (including phenoxy) is 2. The first-order valence-electron chi connectivity index (χ1n) is 4.78. The number of methoxy groups -OCH3 is 1. The summed E-state index contributed by atoms with van der Waals surface area (Å²) >= 11 is 0. The van der Waals surface area contributed by atoms with E-state index in [0.717, 1.165) is 14.0 Å². The Morgan fingerprint density at radius 1 is 1.35 bits per heavy atom. The third-order valence-electron chi connectivity index (χ3n) is 2.69. The minimum absolute atomic E-state index is 0.905. The Bertz CT molecular complexity index is 327. The smallest absolute Gasteiger partial charge is 0.335 e. The molecule has 4 N–H and O–H groups in total. The predicted octanol–water partition coefficient (Wildman–Crippen LogP) is -2.52. The number of aliphatic hydroxyl groups excluding tert-OH is 2. The minimum atomic E-state index is -2.75. The van der Waals surface area contributed by atoms with Crippen molar-refractivity contribution in [1.82, 2.24) is 0 Å². The summed E-state index contributed by atoms with van der Waals surface area (Å²) in [6, 6.07) is 0. The molecule has 0 bridgehead atoms. The molecule has 1 fully saturated rings. The van der Waals surface area contributed by atoms with Crippen molar-refractivity contribution in [2.45, 2.75) is 37.1 Å². The fraction of sp³-hybridized carbons (Fsp3) is 0.778. The summed E-state index contributed by atoms with van der Waals surface area (Å²) in [5.41, 5.74) is 0. The Morgan fingerprint density at radius 2 is 1.88 bits per heavy atom. The molecule has 1 aliphatic heterocycles. The number of Topliss-reactive ketones (excluding diaryl/α,β-unsaturated/α-hetero) is 1. The first-order chi connectivity index (χ1) is 7.75. The second-order valence-electron chi connectivity index (χ2n) is 3.77. The zero-order chi connectivity index (χ0) is 13.4. The number of carboxylic acid groups (broad SMARTS) is 1. The lowest BCUT2D eigenvalue weighted by molar-refractivity contribution is -0.325. The Balaban J connectivity index is 3.11. The van der Waals surface area contributed by atoms with Gasteiger partial charge in [-0.05, 0) is 0 Å². The largest absolute Gasteiger partial charge is 0.479 e. The second kappa shape index (κ2) is 4.67. The van der Waals surface area contributed by atoms with Crippen molar-refractivity contribution < 1.29 is 39.5 Å². The summed E-state index contributed by atoms with van der Waals surface area (Å²) in [7, 11) is 1.11. The van der Waals surface area contributed by atoms with E-state index in [1.165, 1.54) is 0 Å². The van der Waals surface area contributed by atoms with Gasteiger partial charge in [0.25, 0.3) is 5.79 Å². The molecule has 0 spiro atoms. The fourth-order valence-electron chi connectivity index (χ4n) is 1.67. The summed E-state index contributed by atoms with van der Waals surface area (Å²) in [6.45, 7) is 0.905. The van der Waals surface area contributed by atoms with Crippen molar-refractivity contribution in [3.8, 4) is 0 Å². The van der Waals surface area contributed by atoms with E-state index in [1.807, 2.05) is 0 Å². The highest BCUT2D eigenvalue weighted by Crippen LogP contribution is 2.30. The van der Waals surface area contributed by atoms with Crippen LogP contribution in [0.1, 0.15) is 6.92 Å². The maximum Gasteiger partial charge on any atom is 0.335 e. The standard InChI is InChI=1S/C9H14O8/c1-3(10)9(15)7(12)4(11)5(16-2)6(17-9)8(13)14/h4-7,11-12,15H,1-2H3,(H,13,14)/t4-,5-,6-,7+,9-/m0/s1. The van der Waals surface area contributed by atoms with Gasteiger partial charge in [-0.3, -0.25) is 4.79 Å². The van der Waals surface area contributed by atoms with Crippen LogP contribution < -0.4 is 0 Å². The van der Waals surface area contributed by atoms with Gasteiger partial charge < -0.3 is 29.9 Å². The Kier molecular flexibility index (Phi) is 3.84. The molecule has 1 rings (SSSR count). The van der Waals surface area contributed by atoms with Crippen LogP contribution >= 0.6 is 0 Å². The molecule has 1 saturated heterocycles. The number of carbonyl (C=O) groups is 2. The van der Waals surface area contributed by atoms with E-state index in [1.54, 1.807) is 0 Å². The van der Waals surface area contributed by atoms with Crippen molar-refractivity contribution in [3.63, 3.8) is 0 Å². The third-order valence-corrected chi connectivity index (χ3v) is 2.69. The summed E-state index contributed by atoms with van der Waals surface area (Å²) < 4.78 is 9.34. The summed E-state index contributed by atoms with van der Waals surface area (Å²) in [4.78, 5) is 22.0. The Morgan fingerprint density at radius 3 is 2.24 bits per heavy atom. The molecule has 0 radical (unpaired) electrons. The van der Waals surface area contributed by atoms with Crippen LogP contribution in [-0.4, -0.2) is 69.5 Å². The third kappa shape index (κ3) is 2.17. The van der Waals surface area contributed by atoms with Crippen LogP contribution in [0, 0.1) is 0 Å². The SMILES string of the molecule is CO[C@H]1[C@H](O)[C@@H](O)[C@](O)(C(C)=O)O[C@@H]1C(=O)O. The van der Waals surface area contributed by atoms with Crippen molar-refractivity contribution in [2.75, 3.05) is 7.11 Å². The number of rotatable bonds is 3. The highest BCUT2D eigenvalue weighted by Gasteiger charge is 2.58. The van der Waals surface area contributed by atoms with Gasteiger partial charge in [-0.2, -0.15) is 0 Å². The van der Waals surface area contributed by atoms with E-state index in [-0.39, 0.29) is 0 Å². The van der Waals surface area contributed by atoms with Gasteiger partial charge in [-0.1, -0.05) is 0 Å². The van der Waals surface area contributed by atoms with E-state index < -0.39 is 42.0 Å². The lowest BCUT2D eigenvalue weighted by atomic mass is 9.90. The van der Waals surface area contributed by atoms with Gasteiger partial charge in [-0.15, -0.1) is 0 Å². The molecule has 1 heterocycles. The molecule has 8 nitrogen and oxygen atoms in total. The zero-order valence-electron chi connectivity index (χ0n) is 9.23. The van der Waals surface area contributed by atoms with Gasteiger partial charge in [-0.25, -0.2) is 4.79 Å². The molecule has 8 heteroatoms. The number of aliphatic hydroxyl groups is 3. The average Bonchev–Trinajstić information content (AvgIpc) is 2.25. The van der Waals surface area contributed by atoms with Crippen LogP contribution in [0.4, 0.5) is 0 Å². The van der Waals surface area contributed by atoms with Crippen molar-refractivity contribution in [1.29, 1.82) is 0 Å². The molecule has 17 heavy (non-hydrogen) atoms. The second-order valence-corrected chi connectivity index (χ2v) is 3.77. The molecule has 98 valence electrons. The Labute approximate surface area is 96.4 Å². The number of hydrogen-bond acceptors (Lipinski definition) is 7. The highest BCUT2D eigenvalue weighted by atomic mass is 16.7. The van der Waals surface area contributed by atoms with Crippen molar-refractivity contribution in [2.24, 2.45) is 0 Å². The molecule has 0 amide bonds. The van der Waals surface area contributed by atoms with Crippen LogP contribution in [0.15, 0.2) is 0 Å². The van der Waals surface area contributed by atoms with E-state index in [9.17, 15) is 24.9 Å². The average molecular weight is 250 g/mol. The summed E-state index contributed by atoms with van der Waals surface area (Å²) in [5, 5.41) is 37.7. The zero-order valence-corrected chi connectivity index (χ0v) is 9.23. The number of hydrogen-bond donors (Lipinski definition) is 4. The predicted molar refractivity (Wildman–Crippen MR) is 51.0 cm³/mol. The van der Waals surface area contributed by atoms with Gasteiger partial charge in [0.15, 0.2) is 11.9 Å². The number of carbonyl (C=O) groups excluding carboxylic acids is 1. The molecule has 0 aromatic carbocycles. The normalized spacial score (nSPS) is 42.2. The van der Waals surface area contributed by atoms with Gasteiger partial charge in [0, 0.05) is 14.0 Å². The van der Waals surface area contributed by atoms with Crippen LogP contribution in [0.3, 0.4) is 0 Å². The highest BCUT2D eigenvalue weighted by molar-refractivity contribution is 5.85. The first-order valence-corrected chi connectivity index (χ1v) is 4.78. The molecule has 0 aliphatic carbocycles. The number of ketones is 1. The van der Waals surface area contributed by atoms with Crippen LogP contribution in [0.25, 0.3) is 0 Å². The number of aliphatic carboxylic acids is 1. The van der Waals surface area contributed by atoms with Gasteiger partial charge in [0.2, 0.25) is 0 Å². The van der Waals surface area contributed by atoms with Gasteiger partial charge in [0.05, 0.1) is 0 Å². The molecular formula is C9H14O8. The topological polar surface area (TPSA) is 134 Å². The van der Waals surface area contributed by atoms with E-state index in [0.29, 0.717) is 0 Å². The lowest BCUT2D eigenvalue weighted by Gasteiger charge is -2.43. The monoisotopic (exact) mass is 250 g/mol.